The topological polar surface area (TPSA) is 43.4 Å². The summed E-state index contributed by atoms with van der Waals surface area (Å²) in [6.45, 7) is 2.01. The average Bonchev–Trinajstić information content (AvgIpc) is 2.76. The van der Waals surface area contributed by atoms with Crippen molar-refractivity contribution in [1.29, 1.82) is 0 Å². The maximum Gasteiger partial charge on any atom is 0.150 e. The predicted octanol–water partition coefficient (Wildman–Crippen LogP) is 3.06. The fourth-order valence-corrected chi connectivity index (χ4v) is 4.75. The fraction of sp³-hybridized carbons (Fsp3) is 0.857. The van der Waals surface area contributed by atoms with Gasteiger partial charge in [-0.2, -0.15) is 0 Å². The maximum atomic E-state index is 11.8. The van der Waals surface area contributed by atoms with Crippen molar-refractivity contribution in [2.45, 2.75) is 58.0 Å². The van der Waals surface area contributed by atoms with Crippen LogP contribution in [0.25, 0.3) is 0 Å². The summed E-state index contributed by atoms with van der Waals surface area (Å²) in [6.07, 6.45) is 9.54. The predicted molar refractivity (Wildman–Crippen MR) is 73.1 cm³/mol. The summed E-state index contributed by atoms with van der Waals surface area (Å²) in [7, 11) is -2.85. The van der Waals surface area contributed by atoms with Gasteiger partial charge >= 0.3 is 0 Å². The molecular weight excluding hydrogens is 248 g/mol. The molecule has 0 N–H and O–H groups in total. The molecule has 1 heterocycles. The van der Waals surface area contributed by atoms with E-state index < -0.39 is 9.84 Å². The first-order valence-electron chi connectivity index (χ1n) is 7.11. The molecule has 0 spiro atoms. The average molecular weight is 272 g/mol. The molecule has 0 aromatic heterocycles. The Balaban J connectivity index is 1.90. The number of ether oxygens (including phenoxy) is 1. The van der Waals surface area contributed by atoms with Crippen LogP contribution in [0.5, 0.6) is 0 Å². The van der Waals surface area contributed by atoms with E-state index >= 15 is 0 Å². The molecule has 0 bridgehead atoms. The fourth-order valence-electron chi connectivity index (χ4n) is 2.85. The smallest absolute Gasteiger partial charge is 0.150 e. The van der Waals surface area contributed by atoms with Gasteiger partial charge in [0.05, 0.1) is 23.9 Å². The van der Waals surface area contributed by atoms with Gasteiger partial charge in [-0.25, -0.2) is 8.42 Å². The Kier molecular flexibility index (Phi) is 4.71. The van der Waals surface area contributed by atoms with Crippen molar-refractivity contribution in [3.05, 3.63) is 11.8 Å². The second kappa shape index (κ2) is 6.09. The Morgan fingerprint density at radius 3 is 2.67 bits per heavy atom. The van der Waals surface area contributed by atoms with Crippen LogP contribution in [0, 0.1) is 5.92 Å². The van der Waals surface area contributed by atoms with E-state index in [9.17, 15) is 8.42 Å². The largest absolute Gasteiger partial charge is 0.498 e. The highest BCUT2D eigenvalue weighted by molar-refractivity contribution is 7.91. The third kappa shape index (κ3) is 4.01. The van der Waals surface area contributed by atoms with Gasteiger partial charge in [-0.15, -0.1) is 0 Å². The SMILES string of the molecule is CC(OC=C1CCCC1)C1CCCCS(=O)(=O)C1. The molecule has 2 rings (SSSR count). The van der Waals surface area contributed by atoms with Crippen molar-refractivity contribution in [2.24, 2.45) is 5.92 Å². The molecule has 18 heavy (non-hydrogen) atoms. The van der Waals surface area contributed by atoms with E-state index in [1.54, 1.807) is 0 Å². The molecule has 2 fully saturated rings. The normalized spacial score (nSPS) is 29.6. The number of sulfone groups is 1. The maximum absolute atomic E-state index is 11.8. The summed E-state index contributed by atoms with van der Waals surface area (Å²) < 4.78 is 29.3. The minimum absolute atomic E-state index is 0.0194. The van der Waals surface area contributed by atoms with Gasteiger partial charge in [0.15, 0.2) is 9.84 Å². The van der Waals surface area contributed by atoms with Crippen molar-refractivity contribution in [1.82, 2.24) is 0 Å². The molecule has 0 radical (unpaired) electrons. The summed E-state index contributed by atoms with van der Waals surface area (Å²) in [4.78, 5) is 0. The second-order valence-corrected chi connectivity index (χ2v) is 7.92. The molecule has 2 atom stereocenters. The Bertz CT molecular complexity index is 389. The van der Waals surface area contributed by atoms with Crippen LogP contribution in [0.4, 0.5) is 0 Å². The molecule has 0 aromatic carbocycles. The van der Waals surface area contributed by atoms with E-state index in [0.29, 0.717) is 11.5 Å². The number of allylic oxidation sites excluding steroid dienone is 1. The van der Waals surface area contributed by atoms with Crippen molar-refractivity contribution in [3.63, 3.8) is 0 Å². The molecule has 4 heteroatoms. The van der Waals surface area contributed by atoms with Gasteiger partial charge in [-0.05, 0) is 51.0 Å². The Morgan fingerprint density at radius 2 is 1.94 bits per heavy atom. The molecule has 2 unspecified atom stereocenters. The van der Waals surface area contributed by atoms with Crippen LogP contribution in [0.2, 0.25) is 0 Å². The highest BCUT2D eigenvalue weighted by Crippen LogP contribution is 2.26. The minimum atomic E-state index is -2.85. The Morgan fingerprint density at radius 1 is 1.22 bits per heavy atom. The van der Waals surface area contributed by atoms with Crippen LogP contribution >= 0.6 is 0 Å². The van der Waals surface area contributed by atoms with E-state index in [4.69, 9.17) is 4.74 Å². The minimum Gasteiger partial charge on any atom is -0.498 e. The highest BCUT2D eigenvalue weighted by Gasteiger charge is 2.27. The number of hydrogen-bond donors (Lipinski definition) is 0. The molecule has 2 aliphatic rings. The summed E-state index contributed by atoms with van der Waals surface area (Å²) in [5.74, 6) is 0.824. The van der Waals surface area contributed by atoms with E-state index in [2.05, 4.69) is 0 Å². The van der Waals surface area contributed by atoms with Crippen molar-refractivity contribution < 1.29 is 13.2 Å². The zero-order valence-electron chi connectivity index (χ0n) is 11.2. The van der Waals surface area contributed by atoms with Gasteiger partial charge in [0, 0.05) is 5.92 Å². The van der Waals surface area contributed by atoms with Gasteiger partial charge in [0.1, 0.15) is 0 Å². The molecule has 1 saturated carbocycles. The highest BCUT2D eigenvalue weighted by atomic mass is 32.2. The van der Waals surface area contributed by atoms with E-state index in [1.165, 1.54) is 18.4 Å². The monoisotopic (exact) mass is 272 g/mol. The van der Waals surface area contributed by atoms with Crippen molar-refractivity contribution >= 4 is 9.84 Å². The molecular formula is C14H24O3S. The van der Waals surface area contributed by atoms with Crippen molar-refractivity contribution in [3.8, 4) is 0 Å². The standard InChI is InChI=1S/C14H24O3S/c1-12(17-10-13-6-2-3-7-13)14-8-4-5-9-18(15,16)11-14/h10,12,14H,2-9,11H2,1H3. The second-order valence-electron chi connectivity index (χ2n) is 5.69. The van der Waals surface area contributed by atoms with Crippen LogP contribution < -0.4 is 0 Å². The lowest BCUT2D eigenvalue weighted by molar-refractivity contribution is 0.105. The van der Waals surface area contributed by atoms with Crippen LogP contribution in [-0.2, 0) is 14.6 Å². The third-order valence-corrected chi connectivity index (χ3v) is 5.95. The van der Waals surface area contributed by atoms with Gasteiger partial charge in [0.25, 0.3) is 0 Å². The van der Waals surface area contributed by atoms with Crippen LogP contribution in [0.3, 0.4) is 0 Å². The Labute approximate surface area is 111 Å². The van der Waals surface area contributed by atoms with E-state index in [-0.39, 0.29) is 12.0 Å². The lowest BCUT2D eigenvalue weighted by Gasteiger charge is -2.21. The molecule has 1 aliphatic carbocycles. The summed E-state index contributed by atoms with van der Waals surface area (Å²) in [6, 6.07) is 0. The molecule has 104 valence electrons. The molecule has 3 nitrogen and oxygen atoms in total. The van der Waals surface area contributed by atoms with Crippen LogP contribution in [0.15, 0.2) is 11.8 Å². The quantitative estimate of drug-likeness (QED) is 0.742. The van der Waals surface area contributed by atoms with Crippen LogP contribution in [-0.4, -0.2) is 26.0 Å². The first-order chi connectivity index (χ1) is 8.57. The van der Waals surface area contributed by atoms with Crippen LogP contribution in [0.1, 0.15) is 51.9 Å². The molecule has 0 aromatic rings. The van der Waals surface area contributed by atoms with Gasteiger partial charge in [0.2, 0.25) is 0 Å². The number of rotatable bonds is 3. The van der Waals surface area contributed by atoms with E-state index in [1.807, 2.05) is 13.2 Å². The lowest BCUT2D eigenvalue weighted by Crippen LogP contribution is -2.26. The summed E-state index contributed by atoms with van der Waals surface area (Å²) >= 11 is 0. The summed E-state index contributed by atoms with van der Waals surface area (Å²) in [5.41, 5.74) is 1.39. The zero-order chi connectivity index (χ0) is 13.0. The summed E-state index contributed by atoms with van der Waals surface area (Å²) in [5, 5.41) is 0. The Hall–Kier alpha value is -0.510. The van der Waals surface area contributed by atoms with Gasteiger partial charge in [-0.3, -0.25) is 0 Å². The van der Waals surface area contributed by atoms with E-state index in [0.717, 1.165) is 32.1 Å². The van der Waals surface area contributed by atoms with Crippen molar-refractivity contribution in [2.75, 3.05) is 11.5 Å². The third-order valence-electron chi connectivity index (χ3n) is 4.11. The van der Waals surface area contributed by atoms with Gasteiger partial charge < -0.3 is 4.74 Å². The van der Waals surface area contributed by atoms with Gasteiger partial charge in [-0.1, -0.05) is 6.42 Å². The zero-order valence-corrected chi connectivity index (χ0v) is 12.0. The first kappa shape index (κ1) is 13.9. The lowest BCUT2D eigenvalue weighted by atomic mass is 9.99. The first-order valence-corrected chi connectivity index (χ1v) is 8.93. The number of hydrogen-bond acceptors (Lipinski definition) is 3. The molecule has 0 amide bonds. The molecule has 1 aliphatic heterocycles. The molecule has 1 saturated heterocycles.